The Morgan fingerprint density at radius 2 is 1.95 bits per heavy atom. The highest BCUT2D eigenvalue weighted by atomic mass is 16.5. The van der Waals surface area contributed by atoms with E-state index in [1.165, 1.54) is 0 Å². The Morgan fingerprint density at radius 3 is 2.64 bits per heavy atom. The molecule has 0 fully saturated rings. The maximum absolute atomic E-state index is 5.68. The van der Waals surface area contributed by atoms with Crippen molar-refractivity contribution in [1.82, 2.24) is 19.9 Å². The van der Waals surface area contributed by atoms with Crippen LogP contribution in [0, 0.1) is 0 Å². The molecule has 0 aromatic carbocycles. The summed E-state index contributed by atoms with van der Waals surface area (Å²) in [5.74, 6) is 1.10. The van der Waals surface area contributed by atoms with Crippen molar-refractivity contribution in [2.45, 2.75) is 6.92 Å². The summed E-state index contributed by atoms with van der Waals surface area (Å²) in [4.78, 5) is 17.0. The Labute approximate surface area is 127 Å². The second kappa shape index (κ2) is 5.80. The van der Waals surface area contributed by atoms with Crippen LogP contribution in [0.1, 0.15) is 6.92 Å². The number of pyridine rings is 2. The van der Waals surface area contributed by atoms with E-state index in [2.05, 4.69) is 19.9 Å². The maximum Gasteiger partial charge on any atom is 0.245 e. The lowest BCUT2D eigenvalue weighted by Gasteiger charge is -2.08. The first kappa shape index (κ1) is 14.0. The Morgan fingerprint density at radius 1 is 1.09 bits per heavy atom. The molecule has 7 nitrogen and oxygen atoms in total. The number of anilines is 1. The van der Waals surface area contributed by atoms with Gasteiger partial charge in [-0.25, -0.2) is 15.0 Å². The van der Waals surface area contributed by atoms with E-state index in [0.29, 0.717) is 29.4 Å². The minimum atomic E-state index is 0.164. The molecule has 112 valence electrons. The van der Waals surface area contributed by atoms with Gasteiger partial charge in [0, 0.05) is 17.8 Å². The molecule has 0 aliphatic rings. The highest BCUT2D eigenvalue weighted by Gasteiger charge is 2.11. The summed E-state index contributed by atoms with van der Waals surface area (Å²) in [7, 11) is 1.58. The second-order valence-corrected chi connectivity index (χ2v) is 4.47. The molecule has 0 saturated heterocycles. The first-order valence-electron chi connectivity index (χ1n) is 6.78. The molecule has 0 atom stereocenters. The molecule has 7 heteroatoms. The average Bonchev–Trinajstić information content (AvgIpc) is 2.55. The van der Waals surface area contributed by atoms with Gasteiger partial charge in [-0.3, -0.25) is 0 Å². The molecule has 0 unspecified atom stereocenters. The molecule has 0 spiro atoms. The lowest BCUT2D eigenvalue weighted by Crippen LogP contribution is -2.03. The van der Waals surface area contributed by atoms with Crippen molar-refractivity contribution >= 4 is 17.0 Å². The third kappa shape index (κ3) is 2.60. The Bertz CT molecular complexity index is 805. The molecule has 22 heavy (non-hydrogen) atoms. The third-order valence-corrected chi connectivity index (χ3v) is 3.05. The fourth-order valence-corrected chi connectivity index (χ4v) is 2.06. The smallest absolute Gasteiger partial charge is 0.245 e. The first-order chi connectivity index (χ1) is 10.7. The molecule has 0 radical (unpaired) electrons. The quantitative estimate of drug-likeness (QED) is 0.787. The molecule has 3 rings (SSSR count). The minimum absolute atomic E-state index is 0.164. The van der Waals surface area contributed by atoms with Gasteiger partial charge in [0.25, 0.3) is 0 Å². The molecule has 0 bridgehead atoms. The van der Waals surface area contributed by atoms with Gasteiger partial charge in [-0.1, -0.05) is 0 Å². The van der Waals surface area contributed by atoms with E-state index < -0.39 is 0 Å². The average molecular weight is 297 g/mol. The van der Waals surface area contributed by atoms with Crippen LogP contribution < -0.4 is 15.2 Å². The summed E-state index contributed by atoms with van der Waals surface area (Å²) in [5, 5.41) is 0. The molecular formula is C15H15N5O2. The monoisotopic (exact) mass is 297 g/mol. The van der Waals surface area contributed by atoms with Crippen LogP contribution in [-0.2, 0) is 0 Å². The van der Waals surface area contributed by atoms with Gasteiger partial charge in [-0.2, -0.15) is 4.98 Å². The SMILES string of the molecule is CCOc1nc(N)nc2ccc(-c3ccc(OC)nc3)nc12. The van der Waals surface area contributed by atoms with Gasteiger partial charge < -0.3 is 15.2 Å². The number of hydrogen-bond donors (Lipinski definition) is 1. The fraction of sp³-hybridized carbons (Fsp3) is 0.200. The van der Waals surface area contributed by atoms with E-state index >= 15 is 0 Å². The van der Waals surface area contributed by atoms with Crippen LogP contribution in [0.25, 0.3) is 22.3 Å². The van der Waals surface area contributed by atoms with Crippen LogP contribution in [0.15, 0.2) is 30.5 Å². The van der Waals surface area contributed by atoms with Gasteiger partial charge >= 0.3 is 0 Å². The minimum Gasteiger partial charge on any atom is -0.481 e. The van der Waals surface area contributed by atoms with E-state index in [0.717, 1.165) is 11.3 Å². The number of nitrogens with two attached hydrogens (primary N) is 1. The fourth-order valence-electron chi connectivity index (χ4n) is 2.06. The first-order valence-corrected chi connectivity index (χ1v) is 6.78. The van der Waals surface area contributed by atoms with Gasteiger partial charge in [0.2, 0.25) is 17.7 Å². The molecule has 3 heterocycles. The number of nitrogen functional groups attached to an aromatic ring is 1. The number of ether oxygens (including phenoxy) is 2. The van der Waals surface area contributed by atoms with E-state index in [1.807, 2.05) is 25.1 Å². The van der Waals surface area contributed by atoms with Crippen molar-refractivity contribution in [2.24, 2.45) is 0 Å². The molecule has 3 aromatic rings. The van der Waals surface area contributed by atoms with Crippen LogP contribution in [0.3, 0.4) is 0 Å². The highest BCUT2D eigenvalue weighted by molar-refractivity contribution is 5.83. The van der Waals surface area contributed by atoms with Crippen molar-refractivity contribution in [2.75, 3.05) is 19.5 Å². The molecule has 0 saturated carbocycles. The molecule has 0 aliphatic carbocycles. The van der Waals surface area contributed by atoms with E-state index in [1.54, 1.807) is 19.4 Å². The van der Waals surface area contributed by atoms with Crippen molar-refractivity contribution in [3.63, 3.8) is 0 Å². The zero-order valence-corrected chi connectivity index (χ0v) is 12.3. The summed E-state index contributed by atoms with van der Waals surface area (Å²) >= 11 is 0. The van der Waals surface area contributed by atoms with Crippen molar-refractivity contribution in [1.29, 1.82) is 0 Å². The van der Waals surface area contributed by atoms with Crippen LogP contribution in [0.4, 0.5) is 5.95 Å². The van der Waals surface area contributed by atoms with Crippen molar-refractivity contribution < 1.29 is 9.47 Å². The number of rotatable bonds is 4. The van der Waals surface area contributed by atoms with Crippen LogP contribution >= 0.6 is 0 Å². The maximum atomic E-state index is 5.68. The van der Waals surface area contributed by atoms with Gasteiger partial charge in [0.15, 0.2) is 5.52 Å². The van der Waals surface area contributed by atoms with Crippen LogP contribution in [0.5, 0.6) is 11.8 Å². The van der Waals surface area contributed by atoms with Crippen LogP contribution in [-0.4, -0.2) is 33.7 Å². The normalized spacial score (nSPS) is 10.6. The summed E-state index contributed by atoms with van der Waals surface area (Å²) in [6.45, 7) is 2.35. The van der Waals surface area contributed by atoms with Gasteiger partial charge in [-0.15, -0.1) is 0 Å². The van der Waals surface area contributed by atoms with Gasteiger partial charge in [-0.05, 0) is 25.1 Å². The third-order valence-electron chi connectivity index (χ3n) is 3.05. The lowest BCUT2D eigenvalue weighted by atomic mass is 10.2. The van der Waals surface area contributed by atoms with Crippen LogP contribution in [0.2, 0.25) is 0 Å². The van der Waals surface area contributed by atoms with E-state index in [4.69, 9.17) is 15.2 Å². The standard InChI is InChI=1S/C15H15N5O2/c1-3-22-14-13-11(19-15(16)20-14)6-5-10(18-13)9-4-7-12(21-2)17-8-9/h4-8H,3H2,1-2H3,(H2,16,19,20). The zero-order chi connectivity index (χ0) is 15.5. The van der Waals surface area contributed by atoms with E-state index in [9.17, 15) is 0 Å². The number of aromatic nitrogens is 4. The number of methoxy groups -OCH3 is 1. The molecule has 3 aromatic heterocycles. The van der Waals surface area contributed by atoms with E-state index in [-0.39, 0.29) is 5.95 Å². The summed E-state index contributed by atoms with van der Waals surface area (Å²) in [6, 6.07) is 7.36. The summed E-state index contributed by atoms with van der Waals surface area (Å²) in [6.07, 6.45) is 1.70. The molecule has 0 amide bonds. The zero-order valence-electron chi connectivity index (χ0n) is 12.3. The number of hydrogen-bond acceptors (Lipinski definition) is 7. The Kier molecular flexibility index (Phi) is 3.69. The van der Waals surface area contributed by atoms with Crippen molar-refractivity contribution in [3.05, 3.63) is 30.5 Å². The largest absolute Gasteiger partial charge is 0.481 e. The second-order valence-electron chi connectivity index (χ2n) is 4.47. The van der Waals surface area contributed by atoms with Crippen molar-refractivity contribution in [3.8, 4) is 23.0 Å². The van der Waals surface area contributed by atoms with Gasteiger partial charge in [0.1, 0.15) is 0 Å². The predicted molar refractivity (Wildman–Crippen MR) is 82.7 cm³/mol. The molecular weight excluding hydrogens is 282 g/mol. The van der Waals surface area contributed by atoms with Gasteiger partial charge in [0.05, 0.1) is 24.9 Å². The highest BCUT2D eigenvalue weighted by Crippen LogP contribution is 2.26. The summed E-state index contributed by atoms with van der Waals surface area (Å²) in [5.41, 5.74) is 8.51. The Balaban J connectivity index is 2.11. The number of nitrogens with zero attached hydrogens (tertiary/aromatic N) is 4. The molecule has 2 N–H and O–H groups in total. The predicted octanol–water partition coefficient (Wildman–Crippen LogP) is 2.08. The summed E-state index contributed by atoms with van der Waals surface area (Å²) < 4.78 is 10.6. The number of fused-ring (bicyclic) bond motifs is 1. The topological polar surface area (TPSA) is 96.0 Å². The lowest BCUT2D eigenvalue weighted by molar-refractivity contribution is 0.330. The Hall–Kier alpha value is -2.96. The molecule has 0 aliphatic heterocycles.